The third kappa shape index (κ3) is 8.26. The van der Waals surface area contributed by atoms with E-state index < -0.39 is 47.3 Å². The first kappa shape index (κ1) is 34.1. The minimum Gasteiger partial charge on any atom is -0.444 e. The van der Waals surface area contributed by atoms with Crippen molar-refractivity contribution in [3.05, 3.63) is 77.8 Å². The van der Waals surface area contributed by atoms with Crippen LogP contribution in [-0.2, 0) is 16.1 Å². The number of nitrogens with two attached hydrogens (primary N) is 1. The number of carbonyl (C=O) groups excluding carboxylic acids is 2. The molecule has 0 radical (unpaired) electrons. The number of halogens is 2. The summed E-state index contributed by atoms with van der Waals surface area (Å²) in [5.41, 5.74) is 6.04. The van der Waals surface area contributed by atoms with Crippen molar-refractivity contribution in [3.8, 4) is 11.3 Å². The van der Waals surface area contributed by atoms with Gasteiger partial charge in [0.15, 0.2) is 0 Å². The molecule has 3 aromatic rings. The molecule has 0 bridgehead atoms. The number of benzene rings is 2. The predicted molar refractivity (Wildman–Crippen MR) is 168 cm³/mol. The van der Waals surface area contributed by atoms with Gasteiger partial charge >= 0.3 is 6.09 Å². The zero-order valence-corrected chi connectivity index (χ0v) is 27.0. The standard InChI is InChI=1S/C34H45F2N5O4/c1-33(2,3)30(41(29(43)21-42)19-24-18-40(17-23(24)15-37)32(44)45-34(4,5)6)31-38-28(26-14-25(35)12-13-27(26)36)20-39(31)16-22-10-8-7-9-11-22/h7-14,20,23-24,30,42H,15-19,21,37H2,1-6H3/t23?,24?,30-/m0/s1. The minimum absolute atomic E-state index is 0.00254. The van der Waals surface area contributed by atoms with Crippen LogP contribution in [0.5, 0.6) is 0 Å². The SMILES string of the molecule is CC(C)(C)OC(=O)N1CC(CN)C(CN(C(=O)CO)[C@@H](c2nc(-c3cc(F)ccc3F)cn2Cc2ccccc2)C(C)(C)C)C1. The fourth-order valence-corrected chi connectivity index (χ4v) is 5.96. The first-order valence-electron chi connectivity index (χ1n) is 15.3. The lowest BCUT2D eigenvalue weighted by Crippen LogP contribution is -2.47. The van der Waals surface area contributed by atoms with Crippen LogP contribution in [0.4, 0.5) is 13.6 Å². The maximum absolute atomic E-state index is 15.0. The molecule has 0 spiro atoms. The molecule has 0 aliphatic carbocycles. The summed E-state index contributed by atoms with van der Waals surface area (Å²) in [6.07, 6.45) is 1.22. The summed E-state index contributed by atoms with van der Waals surface area (Å²) >= 11 is 0. The van der Waals surface area contributed by atoms with E-state index in [0.29, 0.717) is 25.5 Å². The Morgan fingerprint density at radius 3 is 2.33 bits per heavy atom. The molecule has 1 aliphatic heterocycles. The Balaban J connectivity index is 1.79. The highest BCUT2D eigenvalue weighted by Gasteiger charge is 2.43. The van der Waals surface area contributed by atoms with Gasteiger partial charge in [-0.2, -0.15) is 0 Å². The number of nitrogens with zero attached hydrogens (tertiary/aromatic N) is 4. The van der Waals surface area contributed by atoms with Crippen LogP contribution in [0.1, 0.15) is 59.0 Å². The fraction of sp³-hybridized carbons (Fsp3) is 0.500. The number of rotatable bonds is 9. The largest absolute Gasteiger partial charge is 0.444 e. The van der Waals surface area contributed by atoms with E-state index in [2.05, 4.69) is 0 Å². The van der Waals surface area contributed by atoms with Gasteiger partial charge in [-0.25, -0.2) is 18.6 Å². The molecule has 0 saturated carbocycles. The van der Waals surface area contributed by atoms with Gasteiger partial charge < -0.3 is 29.9 Å². The van der Waals surface area contributed by atoms with Gasteiger partial charge in [0, 0.05) is 37.9 Å². The summed E-state index contributed by atoms with van der Waals surface area (Å²) in [6.45, 7) is 12.1. The highest BCUT2D eigenvalue weighted by molar-refractivity contribution is 5.78. The maximum Gasteiger partial charge on any atom is 0.410 e. The lowest BCUT2D eigenvalue weighted by atomic mass is 9.83. The Morgan fingerprint density at radius 1 is 1.07 bits per heavy atom. The predicted octanol–water partition coefficient (Wildman–Crippen LogP) is 5.23. The van der Waals surface area contributed by atoms with Gasteiger partial charge in [0.25, 0.3) is 0 Å². The van der Waals surface area contributed by atoms with Crippen LogP contribution in [0.2, 0.25) is 0 Å². The van der Waals surface area contributed by atoms with Crippen molar-refractivity contribution in [2.24, 2.45) is 23.0 Å². The molecule has 3 atom stereocenters. The lowest BCUT2D eigenvalue weighted by molar-refractivity contribution is -0.140. The van der Waals surface area contributed by atoms with Crippen molar-refractivity contribution in [2.45, 2.75) is 59.7 Å². The van der Waals surface area contributed by atoms with E-state index in [0.717, 1.165) is 23.8 Å². The van der Waals surface area contributed by atoms with Gasteiger partial charge in [-0.3, -0.25) is 4.79 Å². The van der Waals surface area contributed by atoms with Crippen molar-refractivity contribution >= 4 is 12.0 Å². The van der Waals surface area contributed by atoms with E-state index in [1.165, 1.54) is 0 Å². The molecule has 1 fully saturated rings. The number of aliphatic hydroxyl groups excluding tert-OH is 1. The van der Waals surface area contributed by atoms with Gasteiger partial charge in [-0.05, 0) is 68.3 Å². The molecule has 1 saturated heterocycles. The van der Waals surface area contributed by atoms with Crippen LogP contribution < -0.4 is 5.73 Å². The molecule has 2 aromatic carbocycles. The molecule has 2 unspecified atom stereocenters. The summed E-state index contributed by atoms with van der Waals surface area (Å²) < 4.78 is 36.7. The molecule has 11 heteroatoms. The lowest BCUT2D eigenvalue weighted by Gasteiger charge is -2.41. The first-order valence-corrected chi connectivity index (χ1v) is 15.3. The zero-order valence-electron chi connectivity index (χ0n) is 27.0. The number of hydrogen-bond donors (Lipinski definition) is 2. The average Bonchev–Trinajstić information content (AvgIpc) is 3.56. The molecule has 4 rings (SSSR count). The summed E-state index contributed by atoms with van der Waals surface area (Å²) in [5, 5.41) is 10.2. The quantitative estimate of drug-likeness (QED) is 0.337. The topological polar surface area (TPSA) is 114 Å². The van der Waals surface area contributed by atoms with Crippen molar-refractivity contribution in [3.63, 3.8) is 0 Å². The van der Waals surface area contributed by atoms with E-state index in [1.54, 1.807) is 36.8 Å². The monoisotopic (exact) mass is 625 g/mol. The summed E-state index contributed by atoms with van der Waals surface area (Å²) in [5.74, 6) is -1.61. The van der Waals surface area contributed by atoms with E-state index in [4.69, 9.17) is 15.5 Å². The molecular weight excluding hydrogens is 580 g/mol. The number of aliphatic hydroxyl groups is 1. The highest BCUT2D eigenvalue weighted by atomic mass is 19.1. The number of imidazole rings is 1. The van der Waals surface area contributed by atoms with Gasteiger partial charge in [0.1, 0.15) is 29.7 Å². The van der Waals surface area contributed by atoms with Gasteiger partial charge in [-0.15, -0.1) is 0 Å². The Labute approximate surface area is 264 Å². The number of hydrogen-bond acceptors (Lipinski definition) is 6. The average molecular weight is 626 g/mol. The Morgan fingerprint density at radius 2 is 1.73 bits per heavy atom. The minimum atomic E-state index is -0.743. The van der Waals surface area contributed by atoms with Gasteiger partial charge in [-0.1, -0.05) is 51.1 Å². The zero-order chi connectivity index (χ0) is 33.1. The van der Waals surface area contributed by atoms with Gasteiger partial charge in [0.2, 0.25) is 5.91 Å². The van der Waals surface area contributed by atoms with Crippen molar-refractivity contribution in [1.82, 2.24) is 19.4 Å². The summed E-state index contributed by atoms with van der Waals surface area (Å²) in [7, 11) is 0. The van der Waals surface area contributed by atoms with E-state index in [9.17, 15) is 23.5 Å². The maximum atomic E-state index is 15.0. The number of carbonyl (C=O) groups is 2. The Kier molecular flexibility index (Phi) is 10.3. The Bertz CT molecular complexity index is 1480. The van der Waals surface area contributed by atoms with E-state index in [1.807, 2.05) is 55.7 Å². The van der Waals surface area contributed by atoms with E-state index in [-0.39, 0.29) is 36.2 Å². The molecule has 3 N–H and O–H groups in total. The molecule has 2 amide bonds. The van der Waals surface area contributed by atoms with Crippen LogP contribution >= 0.6 is 0 Å². The molecule has 9 nitrogen and oxygen atoms in total. The number of amides is 2. The number of ether oxygens (including phenoxy) is 1. The third-order valence-electron chi connectivity index (χ3n) is 8.00. The smallest absolute Gasteiger partial charge is 0.410 e. The molecular formula is C34H45F2N5O4. The molecule has 1 aliphatic rings. The second-order valence-corrected chi connectivity index (χ2v) is 13.8. The van der Waals surface area contributed by atoms with Crippen LogP contribution in [0.3, 0.4) is 0 Å². The normalized spacial score (nSPS) is 17.8. The van der Waals surface area contributed by atoms with Crippen LogP contribution in [0.25, 0.3) is 11.3 Å². The molecule has 45 heavy (non-hydrogen) atoms. The second-order valence-electron chi connectivity index (χ2n) is 13.8. The number of aromatic nitrogens is 2. The van der Waals surface area contributed by atoms with Crippen LogP contribution in [-0.4, -0.2) is 74.8 Å². The summed E-state index contributed by atoms with van der Waals surface area (Å²) in [6, 6.07) is 12.1. The Hall–Kier alpha value is -3.83. The fourth-order valence-electron chi connectivity index (χ4n) is 5.96. The van der Waals surface area contributed by atoms with E-state index >= 15 is 0 Å². The van der Waals surface area contributed by atoms with Crippen molar-refractivity contribution in [1.29, 1.82) is 0 Å². The van der Waals surface area contributed by atoms with Crippen molar-refractivity contribution < 1.29 is 28.2 Å². The van der Waals surface area contributed by atoms with Crippen molar-refractivity contribution in [2.75, 3.05) is 32.8 Å². The molecule has 2 heterocycles. The van der Waals surface area contributed by atoms with Crippen LogP contribution in [0.15, 0.2) is 54.7 Å². The van der Waals surface area contributed by atoms with Gasteiger partial charge in [0.05, 0.1) is 11.7 Å². The summed E-state index contributed by atoms with van der Waals surface area (Å²) in [4.78, 5) is 34.6. The molecule has 244 valence electrons. The van der Waals surface area contributed by atoms with Crippen LogP contribution in [0, 0.1) is 28.9 Å². The highest BCUT2D eigenvalue weighted by Crippen LogP contribution is 2.41. The number of likely N-dealkylation sites (tertiary alicyclic amines) is 1. The first-order chi connectivity index (χ1) is 21.1. The second kappa shape index (κ2) is 13.7. The molecule has 1 aromatic heterocycles. The third-order valence-corrected chi connectivity index (χ3v) is 8.00.